The highest BCUT2D eigenvalue weighted by Crippen LogP contribution is 2.28. The predicted molar refractivity (Wildman–Crippen MR) is 53.2 cm³/mol. The Hall–Kier alpha value is -1.36. The number of hydrogen-bond acceptors (Lipinski definition) is 4. The fraction of sp³-hybridized carbons (Fsp3) is 0. The molecule has 0 saturated carbocycles. The van der Waals surface area contributed by atoms with Crippen LogP contribution >= 0.6 is 17.0 Å². The summed E-state index contributed by atoms with van der Waals surface area (Å²) in [5, 5.41) is 27.0. The van der Waals surface area contributed by atoms with Gasteiger partial charge in [0.1, 0.15) is 0 Å². The molecule has 0 aliphatic heterocycles. The van der Waals surface area contributed by atoms with Gasteiger partial charge in [-0.1, -0.05) is 0 Å². The van der Waals surface area contributed by atoms with Crippen molar-refractivity contribution in [3.05, 3.63) is 24.5 Å². The molecule has 0 saturated heterocycles. The monoisotopic (exact) mass is 242 g/mol. The molecule has 0 unspecified atom stereocenters. The molecular weight excluding hydrogens is 236 g/mol. The molecule has 0 bridgehead atoms. The second-order valence-electron chi connectivity index (χ2n) is 2.46. The summed E-state index contributed by atoms with van der Waals surface area (Å²) in [5.74, 6) is -0.286. The summed E-state index contributed by atoms with van der Waals surface area (Å²) in [4.78, 5) is 0. The van der Waals surface area contributed by atoms with Gasteiger partial charge < -0.3 is 10.2 Å². The molecule has 0 amide bonds. The highest BCUT2D eigenvalue weighted by Gasteiger charge is 2.00. The average Bonchev–Trinajstić information content (AvgIpc) is 2.07. The van der Waals surface area contributed by atoms with E-state index in [4.69, 9.17) is 10.2 Å². The fourth-order valence-corrected chi connectivity index (χ4v) is 1.02. The zero-order valence-electron chi connectivity index (χ0n) is 6.51. The Labute approximate surface area is 84.6 Å². The molecule has 13 heavy (non-hydrogen) atoms. The molecule has 0 radical (unpaired) electrons. The van der Waals surface area contributed by atoms with Crippen molar-refractivity contribution in [3.8, 4) is 11.5 Å². The van der Waals surface area contributed by atoms with Crippen LogP contribution in [0.3, 0.4) is 0 Å². The SMILES string of the molecule is Br.Oc1cc2cnncc2cc1O. The lowest BCUT2D eigenvalue weighted by Gasteiger charge is -1.99. The largest absolute Gasteiger partial charge is 0.504 e. The predicted octanol–water partition coefficient (Wildman–Crippen LogP) is 1.62. The van der Waals surface area contributed by atoms with Crippen LogP contribution < -0.4 is 0 Å². The minimum atomic E-state index is -0.143. The van der Waals surface area contributed by atoms with Gasteiger partial charge in [-0.3, -0.25) is 0 Å². The van der Waals surface area contributed by atoms with Crippen LogP contribution in [0.2, 0.25) is 0 Å². The third-order valence-electron chi connectivity index (χ3n) is 1.64. The van der Waals surface area contributed by atoms with Gasteiger partial charge >= 0.3 is 0 Å². The van der Waals surface area contributed by atoms with Gasteiger partial charge in [-0.05, 0) is 12.1 Å². The van der Waals surface area contributed by atoms with Crippen LogP contribution in [-0.4, -0.2) is 20.4 Å². The molecule has 2 N–H and O–H groups in total. The normalized spacial score (nSPS) is 9.54. The van der Waals surface area contributed by atoms with Gasteiger partial charge in [0.25, 0.3) is 0 Å². The molecule has 1 aromatic heterocycles. The number of hydrogen-bond donors (Lipinski definition) is 2. The van der Waals surface area contributed by atoms with Gasteiger partial charge in [0.2, 0.25) is 0 Å². The summed E-state index contributed by atoms with van der Waals surface area (Å²) >= 11 is 0. The Morgan fingerprint density at radius 3 is 1.62 bits per heavy atom. The highest BCUT2D eigenvalue weighted by atomic mass is 79.9. The lowest BCUT2D eigenvalue weighted by Crippen LogP contribution is -1.80. The zero-order chi connectivity index (χ0) is 8.55. The van der Waals surface area contributed by atoms with Crippen LogP contribution in [0.4, 0.5) is 0 Å². The summed E-state index contributed by atoms with van der Waals surface area (Å²) in [6.07, 6.45) is 3.04. The van der Waals surface area contributed by atoms with Crippen molar-refractivity contribution >= 4 is 27.8 Å². The summed E-state index contributed by atoms with van der Waals surface area (Å²) in [6.45, 7) is 0. The number of rotatable bonds is 0. The maximum Gasteiger partial charge on any atom is 0.158 e. The van der Waals surface area contributed by atoms with Crippen LogP contribution in [0.15, 0.2) is 24.5 Å². The number of benzene rings is 1. The van der Waals surface area contributed by atoms with E-state index >= 15 is 0 Å². The van der Waals surface area contributed by atoms with E-state index in [0.717, 1.165) is 10.8 Å². The first-order valence-electron chi connectivity index (χ1n) is 3.40. The molecule has 0 atom stereocenters. The summed E-state index contributed by atoms with van der Waals surface area (Å²) in [5.41, 5.74) is 0. The lowest BCUT2D eigenvalue weighted by molar-refractivity contribution is 0.405. The molecule has 0 spiro atoms. The standard InChI is InChI=1S/C8H6N2O2.BrH/c11-7-1-5-3-9-10-4-6(5)2-8(7)12;/h1-4,11-12H;1H. The molecule has 0 aliphatic rings. The van der Waals surface area contributed by atoms with E-state index in [1.54, 1.807) is 0 Å². The number of halogens is 1. The number of phenols is 2. The van der Waals surface area contributed by atoms with Gasteiger partial charge in [-0.2, -0.15) is 10.2 Å². The summed E-state index contributed by atoms with van der Waals surface area (Å²) < 4.78 is 0. The fourth-order valence-electron chi connectivity index (χ4n) is 1.02. The molecule has 68 valence electrons. The van der Waals surface area contributed by atoms with Gasteiger partial charge in [0.15, 0.2) is 11.5 Å². The van der Waals surface area contributed by atoms with Crippen molar-refractivity contribution in [1.82, 2.24) is 10.2 Å². The van der Waals surface area contributed by atoms with Crippen molar-refractivity contribution in [2.24, 2.45) is 0 Å². The minimum absolute atomic E-state index is 0. The van der Waals surface area contributed by atoms with Crippen LogP contribution in [0.5, 0.6) is 11.5 Å². The Kier molecular flexibility index (Phi) is 2.67. The second kappa shape index (κ2) is 3.57. The third-order valence-corrected chi connectivity index (χ3v) is 1.64. The number of aromatic nitrogens is 2. The minimum Gasteiger partial charge on any atom is -0.504 e. The van der Waals surface area contributed by atoms with Gasteiger partial charge in [0, 0.05) is 10.8 Å². The van der Waals surface area contributed by atoms with E-state index in [1.807, 2.05) is 0 Å². The van der Waals surface area contributed by atoms with Crippen molar-refractivity contribution < 1.29 is 10.2 Å². The molecule has 2 aromatic rings. The number of phenolic OH excluding ortho intramolecular Hbond substituents is 2. The van der Waals surface area contributed by atoms with E-state index in [2.05, 4.69) is 10.2 Å². The highest BCUT2D eigenvalue weighted by molar-refractivity contribution is 8.93. The van der Waals surface area contributed by atoms with Crippen LogP contribution in [-0.2, 0) is 0 Å². The molecule has 1 heterocycles. The first-order chi connectivity index (χ1) is 5.77. The van der Waals surface area contributed by atoms with Gasteiger partial charge in [-0.25, -0.2) is 0 Å². The quantitative estimate of drug-likeness (QED) is 0.690. The number of aromatic hydroxyl groups is 2. The molecule has 0 aliphatic carbocycles. The summed E-state index contributed by atoms with van der Waals surface area (Å²) in [7, 11) is 0. The van der Waals surface area contributed by atoms with Crippen LogP contribution in [0.25, 0.3) is 10.8 Å². The smallest absolute Gasteiger partial charge is 0.158 e. The van der Waals surface area contributed by atoms with E-state index in [9.17, 15) is 0 Å². The second-order valence-corrected chi connectivity index (χ2v) is 2.46. The van der Waals surface area contributed by atoms with E-state index in [-0.39, 0.29) is 28.5 Å². The van der Waals surface area contributed by atoms with Gasteiger partial charge in [0.05, 0.1) is 12.4 Å². The molecule has 1 aromatic carbocycles. The third kappa shape index (κ3) is 1.70. The lowest BCUT2D eigenvalue weighted by atomic mass is 10.2. The number of fused-ring (bicyclic) bond motifs is 1. The first kappa shape index (κ1) is 9.73. The van der Waals surface area contributed by atoms with Crippen molar-refractivity contribution in [2.45, 2.75) is 0 Å². The maximum absolute atomic E-state index is 9.12. The van der Waals surface area contributed by atoms with Gasteiger partial charge in [-0.15, -0.1) is 17.0 Å². The molecule has 2 rings (SSSR count). The topological polar surface area (TPSA) is 66.2 Å². The van der Waals surface area contributed by atoms with Crippen molar-refractivity contribution in [2.75, 3.05) is 0 Å². The Morgan fingerprint density at radius 1 is 0.846 bits per heavy atom. The summed E-state index contributed by atoms with van der Waals surface area (Å²) in [6, 6.07) is 2.89. The van der Waals surface area contributed by atoms with E-state index in [0.29, 0.717) is 0 Å². The van der Waals surface area contributed by atoms with Crippen molar-refractivity contribution in [1.29, 1.82) is 0 Å². The molecular formula is C8H7BrN2O2. The first-order valence-corrected chi connectivity index (χ1v) is 3.40. The zero-order valence-corrected chi connectivity index (χ0v) is 8.22. The Balaban J connectivity index is 0.000000845. The molecule has 0 fully saturated rings. The molecule has 4 nitrogen and oxygen atoms in total. The van der Waals surface area contributed by atoms with E-state index < -0.39 is 0 Å². The maximum atomic E-state index is 9.12. The Bertz CT molecular complexity index is 393. The van der Waals surface area contributed by atoms with Crippen molar-refractivity contribution in [3.63, 3.8) is 0 Å². The molecule has 5 heteroatoms. The van der Waals surface area contributed by atoms with Crippen LogP contribution in [0.1, 0.15) is 0 Å². The Morgan fingerprint density at radius 2 is 1.23 bits per heavy atom. The average molecular weight is 243 g/mol. The van der Waals surface area contributed by atoms with Crippen LogP contribution in [0, 0.1) is 0 Å². The van der Waals surface area contributed by atoms with E-state index in [1.165, 1.54) is 24.5 Å². The number of nitrogens with zero attached hydrogens (tertiary/aromatic N) is 2.